The summed E-state index contributed by atoms with van der Waals surface area (Å²) in [6.45, 7) is 10.8. The number of thioether (sulfide) groups is 1. The number of halogens is 3. The molecule has 0 fully saturated rings. The van der Waals surface area contributed by atoms with Gasteiger partial charge in [0.1, 0.15) is 12.4 Å². The van der Waals surface area contributed by atoms with Crippen LogP contribution in [0.25, 0.3) is 0 Å². The van der Waals surface area contributed by atoms with E-state index in [-0.39, 0.29) is 18.3 Å². The Kier molecular flexibility index (Phi) is 9.31. The SMILES string of the molecule is C=CCn1c(COc2cc(C)ccc2C(C)C)nnc1SCC(=O)Nc1cc(Cl)c(Cl)cc1Cl. The van der Waals surface area contributed by atoms with Crippen molar-refractivity contribution in [1.82, 2.24) is 14.8 Å². The molecule has 0 spiro atoms. The zero-order valence-electron chi connectivity index (χ0n) is 19.1. The first-order valence-corrected chi connectivity index (χ1v) is 12.6. The maximum Gasteiger partial charge on any atom is 0.234 e. The normalized spacial score (nSPS) is 11.0. The number of carbonyl (C=O) groups is 1. The molecule has 3 aromatic rings. The van der Waals surface area contributed by atoms with Gasteiger partial charge in [0.25, 0.3) is 0 Å². The summed E-state index contributed by atoms with van der Waals surface area (Å²) in [6.07, 6.45) is 1.75. The second-order valence-corrected chi connectivity index (χ2v) is 10.0. The average Bonchev–Trinajstić information content (AvgIpc) is 3.16. The van der Waals surface area contributed by atoms with Gasteiger partial charge in [-0.2, -0.15) is 0 Å². The molecule has 2 aromatic carbocycles. The van der Waals surface area contributed by atoms with Gasteiger partial charge in [-0.05, 0) is 42.2 Å². The number of nitrogens with zero attached hydrogens (tertiary/aromatic N) is 3. The Morgan fingerprint density at radius 3 is 2.62 bits per heavy atom. The lowest BCUT2D eigenvalue weighted by Crippen LogP contribution is -2.15. The number of benzene rings is 2. The van der Waals surface area contributed by atoms with Gasteiger partial charge < -0.3 is 10.1 Å². The van der Waals surface area contributed by atoms with E-state index >= 15 is 0 Å². The third-order valence-corrected chi connectivity index (χ3v) is 6.87. The lowest BCUT2D eigenvalue weighted by atomic mass is 10.0. The highest BCUT2D eigenvalue weighted by atomic mass is 35.5. The van der Waals surface area contributed by atoms with Crippen LogP contribution in [0.2, 0.25) is 15.1 Å². The second kappa shape index (κ2) is 12.0. The second-order valence-electron chi connectivity index (χ2n) is 7.87. The monoisotopic (exact) mass is 538 g/mol. The molecule has 0 aliphatic rings. The predicted molar refractivity (Wildman–Crippen MR) is 141 cm³/mol. The first-order chi connectivity index (χ1) is 16.2. The van der Waals surface area contributed by atoms with Crippen LogP contribution in [-0.4, -0.2) is 26.4 Å². The molecule has 1 heterocycles. The van der Waals surface area contributed by atoms with Crippen LogP contribution in [-0.2, 0) is 17.9 Å². The van der Waals surface area contributed by atoms with Crippen molar-refractivity contribution in [3.63, 3.8) is 0 Å². The molecule has 0 saturated carbocycles. The largest absolute Gasteiger partial charge is 0.485 e. The quantitative estimate of drug-likeness (QED) is 0.168. The molecular weight excluding hydrogens is 515 g/mol. The van der Waals surface area contributed by atoms with Gasteiger partial charge in [0.05, 0.1) is 26.5 Å². The minimum absolute atomic E-state index is 0.0993. The van der Waals surface area contributed by atoms with Gasteiger partial charge in [-0.15, -0.1) is 16.8 Å². The van der Waals surface area contributed by atoms with Crippen molar-refractivity contribution in [2.24, 2.45) is 0 Å². The standard InChI is InChI=1S/C24H25Cl3N4O2S/c1-5-8-31-22(12-33-21-9-15(4)6-7-16(21)14(2)3)29-30-24(31)34-13-23(32)28-20-11-18(26)17(25)10-19(20)27/h5-7,9-11,14H,1,8,12-13H2,2-4H3,(H,28,32). The number of aromatic nitrogens is 3. The summed E-state index contributed by atoms with van der Waals surface area (Å²) in [7, 11) is 0. The number of amides is 1. The van der Waals surface area contributed by atoms with E-state index in [0.29, 0.717) is 44.2 Å². The van der Waals surface area contributed by atoms with Gasteiger partial charge >= 0.3 is 0 Å². The van der Waals surface area contributed by atoms with Gasteiger partial charge in [-0.1, -0.05) is 78.6 Å². The summed E-state index contributed by atoms with van der Waals surface area (Å²) in [5.41, 5.74) is 2.64. The van der Waals surface area contributed by atoms with E-state index in [1.54, 1.807) is 6.08 Å². The van der Waals surface area contributed by atoms with Crippen LogP contribution in [0.4, 0.5) is 5.69 Å². The zero-order chi connectivity index (χ0) is 24.8. The van der Waals surface area contributed by atoms with Crippen LogP contribution in [0.15, 0.2) is 48.1 Å². The van der Waals surface area contributed by atoms with Gasteiger partial charge in [-0.3, -0.25) is 9.36 Å². The summed E-state index contributed by atoms with van der Waals surface area (Å²) < 4.78 is 8.00. The molecule has 0 saturated heterocycles. The van der Waals surface area contributed by atoms with E-state index in [4.69, 9.17) is 39.5 Å². The number of ether oxygens (including phenoxy) is 1. The highest BCUT2D eigenvalue weighted by Gasteiger charge is 2.16. The maximum absolute atomic E-state index is 12.5. The van der Waals surface area contributed by atoms with E-state index in [1.807, 2.05) is 17.6 Å². The Hall–Kier alpha value is -2.19. The molecule has 10 heteroatoms. The van der Waals surface area contributed by atoms with E-state index in [0.717, 1.165) is 16.9 Å². The molecule has 1 N–H and O–H groups in total. The number of hydrogen-bond donors (Lipinski definition) is 1. The van der Waals surface area contributed by atoms with Gasteiger partial charge in [0.2, 0.25) is 5.91 Å². The summed E-state index contributed by atoms with van der Waals surface area (Å²) in [5.74, 6) is 1.64. The molecule has 0 aliphatic heterocycles. The Morgan fingerprint density at radius 1 is 1.18 bits per heavy atom. The zero-order valence-corrected chi connectivity index (χ0v) is 22.2. The number of carbonyl (C=O) groups excluding carboxylic acids is 1. The highest BCUT2D eigenvalue weighted by molar-refractivity contribution is 7.99. The van der Waals surface area contributed by atoms with Gasteiger partial charge in [0.15, 0.2) is 11.0 Å². The lowest BCUT2D eigenvalue weighted by Gasteiger charge is -2.15. The molecule has 1 aromatic heterocycles. The molecule has 180 valence electrons. The molecule has 0 aliphatic carbocycles. The fourth-order valence-electron chi connectivity index (χ4n) is 3.17. The van der Waals surface area contributed by atoms with E-state index in [1.165, 1.54) is 23.9 Å². The van der Waals surface area contributed by atoms with Crippen LogP contribution in [0, 0.1) is 6.92 Å². The molecule has 3 rings (SSSR count). The smallest absolute Gasteiger partial charge is 0.234 e. The van der Waals surface area contributed by atoms with Crippen molar-refractivity contribution in [2.75, 3.05) is 11.1 Å². The number of aryl methyl sites for hydroxylation is 1. The summed E-state index contributed by atoms with van der Waals surface area (Å²) in [6, 6.07) is 9.19. The molecule has 1 amide bonds. The maximum atomic E-state index is 12.5. The molecule has 0 unspecified atom stereocenters. The Morgan fingerprint density at radius 2 is 1.91 bits per heavy atom. The fraction of sp³-hybridized carbons (Fsp3) is 0.292. The van der Waals surface area contributed by atoms with Crippen LogP contribution < -0.4 is 10.1 Å². The van der Waals surface area contributed by atoms with Crippen LogP contribution in [0.5, 0.6) is 5.75 Å². The first-order valence-electron chi connectivity index (χ1n) is 10.5. The number of hydrogen-bond acceptors (Lipinski definition) is 5. The van der Waals surface area contributed by atoms with Crippen LogP contribution in [0.3, 0.4) is 0 Å². The molecule has 34 heavy (non-hydrogen) atoms. The molecule has 0 radical (unpaired) electrons. The molecule has 6 nitrogen and oxygen atoms in total. The minimum atomic E-state index is -0.266. The van der Waals surface area contributed by atoms with Crippen molar-refractivity contribution in [3.05, 3.63) is 75.0 Å². The fourth-order valence-corrected chi connectivity index (χ4v) is 4.53. The number of rotatable bonds is 10. The van der Waals surface area contributed by atoms with E-state index < -0.39 is 0 Å². The topological polar surface area (TPSA) is 69.0 Å². The van der Waals surface area contributed by atoms with Crippen molar-refractivity contribution in [1.29, 1.82) is 0 Å². The summed E-state index contributed by atoms with van der Waals surface area (Å²) in [5, 5.41) is 12.8. The van der Waals surface area contributed by atoms with Crippen molar-refractivity contribution in [3.8, 4) is 5.75 Å². The average molecular weight is 540 g/mol. The molecular formula is C24H25Cl3N4O2S. The first kappa shape index (κ1) is 26.4. The predicted octanol–water partition coefficient (Wildman–Crippen LogP) is 7.17. The van der Waals surface area contributed by atoms with E-state index in [2.05, 4.69) is 48.1 Å². The third-order valence-electron chi connectivity index (χ3n) is 4.87. The Labute approximate surface area is 218 Å². The number of nitrogens with one attached hydrogen (secondary N) is 1. The lowest BCUT2D eigenvalue weighted by molar-refractivity contribution is -0.113. The van der Waals surface area contributed by atoms with Gasteiger partial charge in [-0.25, -0.2) is 0 Å². The highest BCUT2D eigenvalue weighted by Crippen LogP contribution is 2.32. The molecule has 0 bridgehead atoms. The van der Waals surface area contributed by atoms with Crippen LogP contribution >= 0.6 is 46.6 Å². The summed E-state index contributed by atoms with van der Waals surface area (Å²) in [4.78, 5) is 12.5. The minimum Gasteiger partial charge on any atom is -0.485 e. The summed E-state index contributed by atoms with van der Waals surface area (Å²) >= 11 is 19.4. The Bertz CT molecular complexity index is 1200. The van der Waals surface area contributed by atoms with Crippen LogP contribution in [0.1, 0.15) is 36.7 Å². The van der Waals surface area contributed by atoms with Crippen molar-refractivity contribution in [2.45, 2.75) is 45.0 Å². The van der Waals surface area contributed by atoms with E-state index in [9.17, 15) is 4.79 Å². The van der Waals surface area contributed by atoms with Crippen molar-refractivity contribution < 1.29 is 9.53 Å². The number of allylic oxidation sites excluding steroid dienone is 1. The van der Waals surface area contributed by atoms with Crippen molar-refractivity contribution >= 4 is 58.2 Å². The number of anilines is 1. The Balaban J connectivity index is 1.68. The van der Waals surface area contributed by atoms with Gasteiger partial charge in [0, 0.05) is 6.54 Å². The molecule has 0 atom stereocenters. The third kappa shape index (κ3) is 6.69.